The highest BCUT2D eigenvalue weighted by Gasteiger charge is 2.96. The van der Waals surface area contributed by atoms with Crippen LogP contribution in [0.1, 0.15) is 13.3 Å². The highest BCUT2D eigenvalue weighted by Crippen LogP contribution is 2.64. The highest BCUT2D eigenvalue weighted by molar-refractivity contribution is 7.92. The van der Waals surface area contributed by atoms with E-state index in [9.17, 15) is 91.5 Å². The lowest BCUT2D eigenvalue weighted by molar-refractivity contribution is -0.458. The molecule has 0 radical (unpaired) electrons. The van der Waals surface area contributed by atoms with Crippen molar-refractivity contribution in [1.29, 1.82) is 0 Å². The van der Waals surface area contributed by atoms with Crippen LogP contribution in [0.5, 0.6) is 0 Å². The quantitative estimate of drug-likeness (QED) is 0.262. The van der Waals surface area contributed by atoms with Gasteiger partial charge in [0.05, 0.1) is 0 Å². The van der Waals surface area contributed by atoms with Crippen LogP contribution in [0.3, 0.4) is 0 Å². The van der Waals surface area contributed by atoms with Crippen LogP contribution >= 0.6 is 0 Å². The average molecular weight is 621 g/mol. The summed E-state index contributed by atoms with van der Waals surface area (Å²) in [7, 11) is -13.7. The lowest BCUT2D eigenvalue weighted by atomic mass is 9.91. The Morgan fingerprint density at radius 3 is 1.11 bits per heavy atom. The van der Waals surface area contributed by atoms with Gasteiger partial charge in [0.25, 0.3) is 20.1 Å². The zero-order valence-corrected chi connectivity index (χ0v) is 17.7. The van der Waals surface area contributed by atoms with Crippen molar-refractivity contribution >= 4 is 20.1 Å². The van der Waals surface area contributed by atoms with Crippen LogP contribution in [-0.4, -0.2) is 73.7 Å². The standard InChI is InChI=1S/C11H8F17NO5S2/c1-2-3(35(30,31)32)29-36(33,34)11(27,28)9(22,23)7(18,19)5(14,15)4(12,13)6(16,17)8(20,21)10(24,25)26/h3,29H,2H2,1H3,(H,30,31,32). The van der Waals surface area contributed by atoms with Gasteiger partial charge in [-0.05, 0) is 6.42 Å². The summed E-state index contributed by atoms with van der Waals surface area (Å²) in [4.78, 5) is 0. The van der Waals surface area contributed by atoms with Gasteiger partial charge in [0.2, 0.25) is 0 Å². The van der Waals surface area contributed by atoms with Gasteiger partial charge in [-0.2, -0.15) is 87.8 Å². The monoisotopic (exact) mass is 621 g/mol. The summed E-state index contributed by atoms with van der Waals surface area (Å²) in [6.07, 6.45) is -9.35. The summed E-state index contributed by atoms with van der Waals surface area (Å²) in [5, 5.41) is -11.3. The first-order valence-corrected chi connectivity index (χ1v) is 10.8. The van der Waals surface area contributed by atoms with E-state index in [0.29, 0.717) is 6.92 Å². The number of halogens is 17. The summed E-state index contributed by atoms with van der Waals surface area (Å²) in [5.41, 5.74) is 0. The Hall–Kier alpha value is -1.37. The number of rotatable bonds is 11. The maximum absolute atomic E-state index is 13.7. The minimum atomic E-state index is -9.01. The van der Waals surface area contributed by atoms with Gasteiger partial charge in [-0.15, -0.1) is 0 Å². The van der Waals surface area contributed by atoms with E-state index >= 15 is 0 Å². The van der Waals surface area contributed by atoms with Crippen LogP contribution < -0.4 is 4.72 Å². The number of hydrogen-bond acceptors (Lipinski definition) is 4. The SMILES string of the molecule is CCC(NS(=O)(=O)C(F)(F)C(F)(F)C(F)(F)C(F)(F)C(F)(F)C(F)(F)C(F)(F)C(F)(F)F)S(=O)(=O)O. The molecule has 0 rings (SSSR count). The Balaban J connectivity index is 7.00. The number of sulfonamides is 1. The smallest absolute Gasteiger partial charge is 0.284 e. The third kappa shape index (κ3) is 4.67. The van der Waals surface area contributed by atoms with Gasteiger partial charge in [-0.1, -0.05) is 6.92 Å². The molecule has 0 heterocycles. The van der Waals surface area contributed by atoms with Gasteiger partial charge in [0.1, 0.15) is 5.37 Å². The molecule has 0 aliphatic carbocycles. The normalized spacial score (nSPS) is 17.3. The highest BCUT2D eigenvalue weighted by atomic mass is 32.2. The molecule has 0 bridgehead atoms. The van der Waals surface area contributed by atoms with Crippen LogP contribution in [0.15, 0.2) is 0 Å². The van der Waals surface area contributed by atoms with E-state index < -0.39 is 78.9 Å². The van der Waals surface area contributed by atoms with Crippen molar-refractivity contribution in [3.63, 3.8) is 0 Å². The van der Waals surface area contributed by atoms with Crippen LogP contribution in [0.4, 0.5) is 74.6 Å². The molecule has 25 heteroatoms. The van der Waals surface area contributed by atoms with E-state index in [1.165, 1.54) is 0 Å². The summed E-state index contributed by atoms with van der Waals surface area (Å²) in [5.74, 6) is -52.6. The molecule has 0 aliphatic heterocycles. The minimum absolute atomic E-state index is 0.112. The van der Waals surface area contributed by atoms with Crippen LogP contribution in [0.2, 0.25) is 0 Å². The van der Waals surface area contributed by atoms with Crippen molar-refractivity contribution in [2.75, 3.05) is 0 Å². The molecule has 36 heavy (non-hydrogen) atoms. The Morgan fingerprint density at radius 1 is 0.583 bits per heavy atom. The molecule has 2 N–H and O–H groups in total. The molecule has 1 atom stereocenters. The van der Waals surface area contributed by atoms with Gasteiger partial charge in [0.15, 0.2) is 0 Å². The van der Waals surface area contributed by atoms with Crippen molar-refractivity contribution < 1.29 is 96.0 Å². The summed E-state index contributed by atoms with van der Waals surface area (Å²) in [6, 6.07) is 0. The topological polar surface area (TPSA) is 101 Å². The number of alkyl halides is 17. The first-order chi connectivity index (χ1) is 15.2. The molecule has 0 saturated carbocycles. The summed E-state index contributed by atoms with van der Waals surface area (Å²) >= 11 is 0. The van der Waals surface area contributed by atoms with Gasteiger partial charge < -0.3 is 0 Å². The molecule has 0 aromatic carbocycles. The molecule has 0 fully saturated rings. The first-order valence-electron chi connectivity index (χ1n) is 7.86. The van der Waals surface area contributed by atoms with E-state index in [4.69, 9.17) is 4.55 Å². The summed E-state index contributed by atoms with van der Waals surface area (Å²) in [6.45, 7) is 0.476. The van der Waals surface area contributed by atoms with Crippen LogP contribution in [0, 0.1) is 0 Å². The second-order valence-electron chi connectivity index (χ2n) is 6.49. The molecule has 0 amide bonds. The Bertz CT molecular complexity index is 1030. The molecule has 6 nitrogen and oxygen atoms in total. The van der Waals surface area contributed by atoms with Gasteiger partial charge in [-0.3, -0.25) is 4.55 Å². The largest absolute Gasteiger partial charge is 0.460 e. The molecule has 0 aromatic rings. The minimum Gasteiger partial charge on any atom is -0.284 e. The van der Waals surface area contributed by atoms with Crippen molar-refractivity contribution in [2.24, 2.45) is 0 Å². The Labute approximate surface area is 187 Å². The van der Waals surface area contributed by atoms with Crippen molar-refractivity contribution in [3.05, 3.63) is 0 Å². The molecule has 1 unspecified atom stereocenters. The van der Waals surface area contributed by atoms with Crippen molar-refractivity contribution in [2.45, 2.75) is 65.7 Å². The van der Waals surface area contributed by atoms with Crippen LogP contribution in [0.25, 0.3) is 0 Å². The fourth-order valence-electron chi connectivity index (χ4n) is 1.92. The van der Waals surface area contributed by atoms with Crippen molar-refractivity contribution in [3.8, 4) is 0 Å². The maximum Gasteiger partial charge on any atom is 0.460 e. The fraction of sp³-hybridized carbons (Fsp3) is 1.00. The van der Waals surface area contributed by atoms with Gasteiger partial charge >= 0.3 is 47.0 Å². The lowest BCUT2D eigenvalue weighted by Gasteiger charge is -2.42. The van der Waals surface area contributed by atoms with Crippen molar-refractivity contribution in [1.82, 2.24) is 4.72 Å². The van der Waals surface area contributed by atoms with E-state index in [2.05, 4.69) is 0 Å². The molecule has 218 valence electrons. The van der Waals surface area contributed by atoms with E-state index in [1.807, 2.05) is 0 Å². The third-order valence-electron chi connectivity index (χ3n) is 4.05. The maximum atomic E-state index is 13.7. The number of hydrogen-bond donors (Lipinski definition) is 2. The molecular weight excluding hydrogens is 613 g/mol. The van der Waals surface area contributed by atoms with Crippen LogP contribution in [-0.2, 0) is 20.1 Å². The van der Waals surface area contributed by atoms with E-state index in [-0.39, 0.29) is 4.72 Å². The van der Waals surface area contributed by atoms with Gasteiger partial charge in [-0.25, -0.2) is 8.42 Å². The molecule has 0 aromatic heterocycles. The average Bonchev–Trinajstić information content (AvgIpc) is 2.62. The second-order valence-corrected chi connectivity index (χ2v) is 9.85. The van der Waals surface area contributed by atoms with E-state index in [1.54, 1.807) is 0 Å². The summed E-state index contributed by atoms with van der Waals surface area (Å²) < 4.78 is 276. The van der Waals surface area contributed by atoms with E-state index in [0.717, 1.165) is 0 Å². The zero-order valence-electron chi connectivity index (χ0n) is 16.1. The Morgan fingerprint density at radius 2 is 0.861 bits per heavy atom. The first kappa shape index (κ1) is 34.6. The third-order valence-corrected chi connectivity index (χ3v) is 6.89. The number of nitrogens with one attached hydrogen (secondary N) is 1. The molecule has 0 spiro atoms. The second kappa shape index (κ2) is 8.84. The predicted molar refractivity (Wildman–Crippen MR) is 78.4 cm³/mol. The molecular formula is C11H8F17NO5S2. The Kier molecular flexibility index (Phi) is 8.51. The molecule has 0 aliphatic rings. The fourth-order valence-corrected chi connectivity index (χ4v) is 4.33. The van der Waals surface area contributed by atoms with Gasteiger partial charge in [0, 0.05) is 0 Å². The zero-order chi connectivity index (χ0) is 30.0. The molecule has 0 saturated heterocycles. The predicted octanol–water partition coefficient (Wildman–Crippen LogP) is 4.50. The lowest BCUT2D eigenvalue weighted by Crippen LogP contribution is -2.75.